The van der Waals surface area contributed by atoms with Gasteiger partial charge in [0.2, 0.25) is 0 Å². The Hall–Kier alpha value is -1.85. The van der Waals surface area contributed by atoms with Crippen molar-refractivity contribution >= 4 is 0 Å². The van der Waals surface area contributed by atoms with E-state index in [4.69, 9.17) is 0 Å². The van der Waals surface area contributed by atoms with Crippen LogP contribution in [0.1, 0.15) is 5.56 Å². The van der Waals surface area contributed by atoms with Crippen LogP contribution in [0.3, 0.4) is 0 Å². The van der Waals surface area contributed by atoms with Crippen molar-refractivity contribution < 1.29 is 22.1 Å². The van der Waals surface area contributed by atoms with E-state index in [9.17, 15) is 17.6 Å². The minimum atomic E-state index is -4.76. The molecule has 0 fully saturated rings. The SMILES string of the molecule is Fc1cccc(-c2ccon2)c1C(F)(F)F. The summed E-state index contributed by atoms with van der Waals surface area (Å²) < 4.78 is 55.4. The number of alkyl halides is 3. The van der Waals surface area contributed by atoms with Crippen LogP contribution in [0.15, 0.2) is 35.1 Å². The predicted octanol–water partition coefficient (Wildman–Crippen LogP) is 3.50. The number of aromatic nitrogens is 1. The van der Waals surface area contributed by atoms with Crippen molar-refractivity contribution in [3.05, 3.63) is 41.9 Å². The van der Waals surface area contributed by atoms with Gasteiger partial charge in [0.15, 0.2) is 0 Å². The summed E-state index contributed by atoms with van der Waals surface area (Å²) in [6.45, 7) is 0. The Morgan fingerprint density at radius 1 is 1.12 bits per heavy atom. The Kier molecular flexibility index (Phi) is 2.41. The molecule has 0 atom stereocenters. The molecule has 0 spiro atoms. The molecule has 0 N–H and O–H groups in total. The van der Waals surface area contributed by atoms with E-state index in [-0.39, 0.29) is 11.3 Å². The van der Waals surface area contributed by atoms with E-state index >= 15 is 0 Å². The minimum absolute atomic E-state index is 0.0492. The van der Waals surface area contributed by atoms with Gasteiger partial charge in [0.25, 0.3) is 0 Å². The maximum atomic E-state index is 13.2. The average molecular weight is 231 g/mol. The average Bonchev–Trinajstić information content (AvgIpc) is 2.67. The molecule has 16 heavy (non-hydrogen) atoms. The fourth-order valence-electron chi connectivity index (χ4n) is 1.38. The summed E-state index contributed by atoms with van der Waals surface area (Å²) in [6, 6.07) is 4.33. The van der Waals surface area contributed by atoms with E-state index in [2.05, 4.69) is 9.68 Å². The number of hydrogen-bond acceptors (Lipinski definition) is 2. The molecular weight excluding hydrogens is 226 g/mol. The molecule has 0 unspecified atom stereocenters. The quantitative estimate of drug-likeness (QED) is 0.702. The maximum absolute atomic E-state index is 13.2. The summed E-state index contributed by atoms with van der Waals surface area (Å²) in [7, 11) is 0. The summed E-state index contributed by atoms with van der Waals surface area (Å²) >= 11 is 0. The third kappa shape index (κ3) is 1.78. The van der Waals surface area contributed by atoms with Crippen LogP contribution < -0.4 is 0 Å². The lowest BCUT2D eigenvalue weighted by Crippen LogP contribution is -2.10. The van der Waals surface area contributed by atoms with E-state index < -0.39 is 17.6 Å². The second-order valence-electron chi connectivity index (χ2n) is 3.04. The molecule has 2 nitrogen and oxygen atoms in total. The second-order valence-corrected chi connectivity index (χ2v) is 3.04. The van der Waals surface area contributed by atoms with Gasteiger partial charge in [-0.05, 0) is 6.07 Å². The minimum Gasteiger partial charge on any atom is -0.364 e. The fraction of sp³-hybridized carbons (Fsp3) is 0.100. The highest BCUT2D eigenvalue weighted by Crippen LogP contribution is 2.38. The summed E-state index contributed by atoms with van der Waals surface area (Å²) in [4.78, 5) is 0. The monoisotopic (exact) mass is 231 g/mol. The highest BCUT2D eigenvalue weighted by molar-refractivity contribution is 5.64. The zero-order chi connectivity index (χ0) is 11.8. The van der Waals surface area contributed by atoms with Gasteiger partial charge in [0, 0.05) is 11.6 Å². The van der Waals surface area contributed by atoms with Crippen LogP contribution in [0.4, 0.5) is 17.6 Å². The van der Waals surface area contributed by atoms with Crippen LogP contribution in [0.25, 0.3) is 11.3 Å². The van der Waals surface area contributed by atoms with Crippen molar-refractivity contribution in [2.75, 3.05) is 0 Å². The maximum Gasteiger partial charge on any atom is 0.419 e. The number of hydrogen-bond donors (Lipinski definition) is 0. The standard InChI is InChI=1S/C10H5F4NO/c11-7-3-1-2-6(8-4-5-16-15-8)9(7)10(12,13)14/h1-5H. The molecule has 84 valence electrons. The van der Waals surface area contributed by atoms with Crippen LogP contribution in [0, 0.1) is 5.82 Å². The topological polar surface area (TPSA) is 26.0 Å². The number of rotatable bonds is 1. The number of nitrogens with zero attached hydrogens (tertiary/aromatic N) is 1. The predicted molar refractivity (Wildman–Crippen MR) is 46.9 cm³/mol. The third-order valence-corrected chi connectivity index (χ3v) is 2.01. The van der Waals surface area contributed by atoms with E-state index in [1.54, 1.807) is 0 Å². The van der Waals surface area contributed by atoms with Crippen LogP contribution in [0.2, 0.25) is 0 Å². The molecular formula is C10H5F4NO. The van der Waals surface area contributed by atoms with Gasteiger partial charge in [-0.25, -0.2) is 4.39 Å². The summed E-state index contributed by atoms with van der Waals surface area (Å²) in [5.41, 5.74) is -1.71. The lowest BCUT2D eigenvalue weighted by Gasteiger charge is -2.11. The van der Waals surface area contributed by atoms with Crippen molar-refractivity contribution in [3.63, 3.8) is 0 Å². The Morgan fingerprint density at radius 3 is 2.44 bits per heavy atom. The first-order valence-corrected chi connectivity index (χ1v) is 4.26. The van der Waals surface area contributed by atoms with E-state index in [1.807, 2.05) is 0 Å². The van der Waals surface area contributed by atoms with Crippen LogP contribution in [-0.2, 0) is 6.18 Å². The molecule has 0 aliphatic rings. The van der Waals surface area contributed by atoms with Gasteiger partial charge in [-0.15, -0.1) is 0 Å². The molecule has 0 amide bonds. The number of halogens is 4. The van der Waals surface area contributed by atoms with Crippen LogP contribution in [-0.4, -0.2) is 5.16 Å². The lowest BCUT2D eigenvalue weighted by molar-refractivity contribution is -0.139. The zero-order valence-electron chi connectivity index (χ0n) is 7.75. The molecule has 0 aliphatic heterocycles. The zero-order valence-corrected chi connectivity index (χ0v) is 7.75. The highest BCUT2D eigenvalue weighted by atomic mass is 19.4. The molecule has 0 saturated heterocycles. The van der Waals surface area contributed by atoms with Crippen LogP contribution in [0.5, 0.6) is 0 Å². The lowest BCUT2D eigenvalue weighted by atomic mass is 10.0. The summed E-state index contributed by atoms with van der Waals surface area (Å²) in [5.74, 6) is -1.33. The van der Waals surface area contributed by atoms with Gasteiger partial charge < -0.3 is 4.52 Å². The van der Waals surface area contributed by atoms with Crippen molar-refractivity contribution in [1.82, 2.24) is 5.16 Å². The molecule has 0 saturated carbocycles. The Labute approximate surface area is 87.5 Å². The summed E-state index contributed by atoms with van der Waals surface area (Å²) in [5, 5.41) is 3.36. The normalized spacial score (nSPS) is 11.8. The van der Waals surface area contributed by atoms with Gasteiger partial charge in [0.1, 0.15) is 23.3 Å². The van der Waals surface area contributed by atoms with Crippen molar-refractivity contribution in [2.24, 2.45) is 0 Å². The van der Waals surface area contributed by atoms with Gasteiger partial charge >= 0.3 is 6.18 Å². The summed E-state index contributed by atoms with van der Waals surface area (Å²) in [6.07, 6.45) is -3.64. The van der Waals surface area contributed by atoms with Crippen molar-refractivity contribution in [1.29, 1.82) is 0 Å². The Morgan fingerprint density at radius 2 is 1.88 bits per heavy atom. The molecule has 1 heterocycles. The van der Waals surface area contributed by atoms with Crippen LogP contribution >= 0.6 is 0 Å². The van der Waals surface area contributed by atoms with Crippen molar-refractivity contribution in [2.45, 2.75) is 6.18 Å². The van der Waals surface area contributed by atoms with E-state index in [0.717, 1.165) is 18.4 Å². The molecule has 1 aromatic heterocycles. The molecule has 6 heteroatoms. The van der Waals surface area contributed by atoms with E-state index in [0.29, 0.717) is 0 Å². The van der Waals surface area contributed by atoms with Crippen molar-refractivity contribution in [3.8, 4) is 11.3 Å². The molecule has 0 radical (unpaired) electrons. The second kappa shape index (κ2) is 3.62. The Bertz CT molecular complexity index is 490. The van der Waals surface area contributed by atoms with Gasteiger partial charge in [-0.1, -0.05) is 17.3 Å². The van der Waals surface area contributed by atoms with Gasteiger partial charge in [-0.3, -0.25) is 0 Å². The Balaban J connectivity index is 2.67. The first-order valence-electron chi connectivity index (χ1n) is 4.26. The van der Waals surface area contributed by atoms with E-state index in [1.165, 1.54) is 12.1 Å². The van der Waals surface area contributed by atoms with Gasteiger partial charge in [-0.2, -0.15) is 13.2 Å². The fourth-order valence-corrected chi connectivity index (χ4v) is 1.38. The smallest absolute Gasteiger partial charge is 0.364 e. The first kappa shape index (κ1) is 10.7. The molecule has 2 aromatic rings. The third-order valence-electron chi connectivity index (χ3n) is 2.01. The molecule has 1 aromatic carbocycles. The largest absolute Gasteiger partial charge is 0.419 e. The van der Waals surface area contributed by atoms with Gasteiger partial charge in [0.05, 0.1) is 0 Å². The first-order chi connectivity index (χ1) is 7.50. The highest BCUT2D eigenvalue weighted by Gasteiger charge is 2.37. The molecule has 0 aliphatic carbocycles. The number of benzene rings is 1. The molecule has 2 rings (SSSR count). The molecule has 0 bridgehead atoms.